The van der Waals surface area contributed by atoms with Crippen molar-refractivity contribution < 1.29 is 4.79 Å². The van der Waals surface area contributed by atoms with E-state index in [-0.39, 0.29) is 5.91 Å². The molecule has 5 rings (SSSR count). The molecule has 3 aliphatic rings. The van der Waals surface area contributed by atoms with Gasteiger partial charge < -0.3 is 15.1 Å². The first-order chi connectivity index (χ1) is 13.2. The van der Waals surface area contributed by atoms with Crippen LogP contribution in [0.5, 0.6) is 0 Å². The van der Waals surface area contributed by atoms with E-state index >= 15 is 0 Å². The zero-order valence-electron chi connectivity index (χ0n) is 15.8. The lowest BCUT2D eigenvalue weighted by Gasteiger charge is -2.33. The van der Waals surface area contributed by atoms with Crippen LogP contribution in [0.25, 0.3) is 0 Å². The fourth-order valence-electron chi connectivity index (χ4n) is 4.99. The molecule has 0 radical (unpaired) electrons. The Morgan fingerprint density at radius 1 is 0.889 bits per heavy atom. The zero-order chi connectivity index (χ0) is 18.3. The van der Waals surface area contributed by atoms with Crippen molar-refractivity contribution in [1.29, 1.82) is 0 Å². The van der Waals surface area contributed by atoms with Crippen LogP contribution in [-0.2, 0) is 13.1 Å². The molecule has 2 aromatic carbocycles. The van der Waals surface area contributed by atoms with E-state index < -0.39 is 0 Å². The third kappa shape index (κ3) is 3.12. The molecule has 4 nitrogen and oxygen atoms in total. The Balaban J connectivity index is 1.26. The first-order valence-electron chi connectivity index (χ1n) is 10.1. The number of carbonyl (C=O) groups excluding carboxylic acids is 1. The smallest absolute Gasteiger partial charge is 0.253 e. The molecule has 0 atom stereocenters. The van der Waals surface area contributed by atoms with Gasteiger partial charge in [0.05, 0.1) is 0 Å². The molecule has 1 N–H and O–H groups in total. The van der Waals surface area contributed by atoms with E-state index in [1.807, 2.05) is 12.1 Å². The van der Waals surface area contributed by atoms with Crippen LogP contribution >= 0.6 is 0 Å². The summed E-state index contributed by atoms with van der Waals surface area (Å²) in [7, 11) is 0. The molecule has 2 aromatic rings. The number of anilines is 1. The summed E-state index contributed by atoms with van der Waals surface area (Å²) < 4.78 is 0. The average Bonchev–Trinajstić information content (AvgIpc) is 3.33. The van der Waals surface area contributed by atoms with Gasteiger partial charge in [0, 0.05) is 37.4 Å². The van der Waals surface area contributed by atoms with Crippen molar-refractivity contribution in [3.8, 4) is 0 Å². The quantitative estimate of drug-likeness (QED) is 0.890. The first-order valence-corrected chi connectivity index (χ1v) is 10.1. The van der Waals surface area contributed by atoms with Gasteiger partial charge in [0.1, 0.15) is 0 Å². The lowest BCUT2D eigenvalue weighted by Crippen LogP contribution is -2.39. The highest BCUT2D eigenvalue weighted by Gasteiger charge is 2.40. The van der Waals surface area contributed by atoms with Crippen LogP contribution in [0, 0.1) is 5.41 Å². The Labute approximate surface area is 161 Å². The van der Waals surface area contributed by atoms with Crippen LogP contribution in [0.1, 0.15) is 40.7 Å². The highest BCUT2D eigenvalue weighted by Crippen LogP contribution is 2.39. The number of hydrogen-bond acceptors (Lipinski definition) is 3. The second-order valence-corrected chi connectivity index (χ2v) is 8.40. The lowest BCUT2D eigenvalue weighted by atomic mass is 9.78. The largest absolute Gasteiger partial charge is 0.363 e. The minimum atomic E-state index is 0.196. The lowest BCUT2D eigenvalue weighted by molar-refractivity contribution is 0.0762. The SMILES string of the molecule is O=C(c1ccc(N2Cc3ccccc3C2)cc1)N1CCC2(CCNCC2)C1. The molecule has 0 aromatic heterocycles. The monoisotopic (exact) mass is 361 g/mol. The van der Waals surface area contributed by atoms with Gasteiger partial charge in [-0.15, -0.1) is 0 Å². The van der Waals surface area contributed by atoms with Gasteiger partial charge in [-0.3, -0.25) is 4.79 Å². The molecule has 3 aliphatic heterocycles. The third-order valence-corrected chi connectivity index (χ3v) is 6.71. The molecular formula is C23H27N3O. The Morgan fingerprint density at radius 2 is 1.56 bits per heavy atom. The molecule has 4 heteroatoms. The number of amides is 1. The Kier molecular flexibility index (Phi) is 4.16. The van der Waals surface area contributed by atoms with Gasteiger partial charge in [0.15, 0.2) is 0 Å². The Hall–Kier alpha value is -2.33. The highest BCUT2D eigenvalue weighted by molar-refractivity contribution is 5.94. The van der Waals surface area contributed by atoms with E-state index in [0.29, 0.717) is 5.41 Å². The molecule has 1 amide bonds. The normalized spacial score (nSPS) is 20.9. The minimum Gasteiger partial charge on any atom is -0.363 e. The van der Waals surface area contributed by atoms with Crippen molar-refractivity contribution in [1.82, 2.24) is 10.2 Å². The van der Waals surface area contributed by atoms with Crippen LogP contribution in [-0.4, -0.2) is 37.0 Å². The molecule has 2 fully saturated rings. The predicted molar refractivity (Wildman–Crippen MR) is 108 cm³/mol. The van der Waals surface area contributed by atoms with Crippen molar-refractivity contribution in [2.45, 2.75) is 32.4 Å². The van der Waals surface area contributed by atoms with Crippen LogP contribution in [0.2, 0.25) is 0 Å². The number of fused-ring (bicyclic) bond motifs is 1. The molecule has 0 aliphatic carbocycles. The van der Waals surface area contributed by atoms with Gasteiger partial charge in [0.25, 0.3) is 5.91 Å². The van der Waals surface area contributed by atoms with Crippen molar-refractivity contribution in [2.24, 2.45) is 5.41 Å². The predicted octanol–water partition coefficient (Wildman–Crippen LogP) is 3.42. The summed E-state index contributed by atoms with van der Waals surface area (Å²) in [6.07, 6.45) is 3.56. The van der Waals surface area contributed by atoms with Gasteiger partial charge in [-0.05, 0) is 73.2 Å². The molecule has 0 unspecified atom stereocenters. The summed E-state index contributed by atoms with van der Waals surface area (Å²) in [6, 6.07) is 16.9. The fraction of sp³-hybridized carbons (Fsp3) is 0.435. The first kappa shape index (κ1) is 16.8. The van der Waals surface area contributed by atoms with E-state index in [1.54, 1.807) is 0 Å². The second kappa shape index (κ2) is 6.68. The van der Waals surface area contributed by atoms with Crippen molar-refractivity contribution in [2.75, 3.05) is 31.1 Å². The van der Waals surface area contributed by atoms with Gasteiger partial charge >= 0.3 is 0 Å². The van der Waals surface area contributed by atoms with Crippen molar-refractivity contribution >= 4 is 11.6 Å². The molecule has 3 heterocycles. The number of carbonyl (C=O) groups is 1. The van der Waals surface area contributed by atoms with Crippen LogP contribution in [0.4, 0.5) is 5.69 Å². The number of nitrogens with one attached hydrogen (secondary N) is 1. The van der Waals surface area contributed by atoms with E-state index in [4.69, 9.17) is 0 Å². The van der Waals surface area contributed by atoms with Crippen molar-refractivity contribution in [3.05, 3.63) is 65.2 Å². The molecule has 2 saturated heterocycles. The number of piperidine rings is 1. The van der Waals surface area contributed by atoms with Gasteiger partial charge in [-0.25, -0.2) is 0 Å². The van der Waals surface area contributed by atoms with Crippen LogP contribution < -0.4 is 10.2 Å². The number of rotatable bonds is 2. The zero-order valence-corrected chi connectivity index (χ0v) is 15.8. The van der Waals surface area contributed by atoms with E-state index in [1.165, 1.54) is 29.7 Å². The number of likely N-dealkylation sites (tertiary alicyclic amines) is 1. The number of benzene rings is 2. The molecule has 27 heavy (non-hydrogen) atoms. The van der Waals surface area contributed by atoms with Gasteiger partial charge in [-0.2, -0.15) is 0 Å². The maximum absolute atomic E-state index is 13.0. The third-order valence-electron chi connectivity index (χ3n) is 6.71. The molecular weight excluding hydrogens is 334 g/mol. The second-order valence-electron chi connectivity index (χ2n) is 8.40. The summed E-state index contributed by atoms with van der Waals surface area (Å²) in [5, 5.41) is 3.44. The van der Waals surface area contributed by atoms with E-state index in [2.05, 4.69) is 51.5 Å². The standard InChI is InChI=1S/C23H27N3O/c27-22(25-14-11-23(17-25)9-12-24-13-10-23)18-5-7-21(8-6-18)26-15-19-3-1-2-4-20(19)16-26/h1-8,24H,9-17H2. The van der Waals surface area contributed by atoms with Gasteiger partial charge in [0.2, 0.25) is 0 Å². The average molecular weight is 361 g/mol. The summed E-state index contributed by atoms with van der Waals surface area (Å²) in [5.41, 5.74) is 5.19. The maximum Gasteiger partial charge on any atom is 0.253 e. The van der Waals surface area contributed by atoms with Crippen LogP contribution in [0.15, 0.2) is 48.5 Å². The summed E-state index contributed by atoms with van der Waals surface area (Å²) >= 11 is 0. The Bertz CT molecular complexity index is 814. The number of hydrogen-bond donors (Lipinski definition) is 1. The highest BCUT2D eigenvalue weighted by atomic mass is 16.2. The van der Waals surface area contributed by atoms with E-state index in [9.17, 15) is 4.79 Å². The van der Waals surface area contributed by atoms with Gasteiger partial charge in [-0.1, -0.05) is 24.3 Å². The summed E-state index contributed by atoms with van der Waals surface area (Å²) in [6.45, 7) is 5.92. The Morgan fingerprint density at radius 3 is 2.22 bits per heavy atom. The maximum atomic E-state index is 13.0. The van der Waals surface area contributed by atoms with Crippen LogP contribution in [0.3, 0.4) is 0 Å². The molecule has 1 spiro atoms. The minimum absolute atomic E-state index is 0.196. The number of nitrogens with zero attached hydrogens (tertiary/aromatic N) is 2. The molecule has 0 bridgehead atoms. The molecule has 140 valence electrons. The molecule has 0 saturated carbocycles. The summed E-state index contributed by atoms with van der Waals surface area (Å²) in [5.74, 6) is 0.196. The van der Waals surface area contributed by atoms with E-state index in [0.717, 1.165) is 51.3 Å². The topological polar surface area (TPSA) is 35.6 Å². The van der Waals surface area contributed by atoms with Crippen molar-refractivity contribution in [3.63, 3.8) is 0 Å². The fourth-order valence-corrected chi connectivity index (χ4v) is 4.99. The summed E-state index contributed by atoms with van der Waals surface area (Å²) in [4.78, 5) is 17.4.